The lowest BCUT2D eigenvalue weighted by Gasteiger charge is -2.18. The smallest absolute Gasteiger partial charge is 0.331 e. The van der Waals surface area contributed by atoms with Crippen LogP contribution in [0, 0.1) is 0 Å². The van der Waals surface area contributed by atoms with Crippen LogP contribution in [-0.4, -0.2) is 36.9 Å². The fourth-order valence-corrected chi connectivity index (χ4v) is 0.907. The summed E-state index contributed by atoms with van der Waals surface area (Å²) in [7, 11) is 3.61. The van der Waals surface area contributed by atoms with Crippen LogP contribution in [0.3, 0.4) is 0 Å². The number of allylic oxidation sites excluding steroid dienone is 2. The summed E-state index contributed by atoms with van der Waals surface area (Å²) < 4.78 is 5.19. The van der Waals surface area contributed by atoms with E-state index in [0.717, 1.165) is 5.57 Å². The molecule has 0 atom stereocenters. The molecule has 0 aromatic carbocycles. The molecule has 0 saturated carbocycles. The standard InChI is InChI=1S/C13H22N2O2/c1-10(2)11(9-14-15(6)7)8-12(16)17-13(3,4)5/h8-9H,1H2,2-7H3/b11-8-,14-9-. The highest BCUT2D eigenvalue weighted by Crippen LogP contribution is 2.10. The van der Waals surface area contributed by atoms with Crippen molar-refractivity contribution >= 4 is 12.2 Å². The number of hydrazone groups is 1. The number of esters is 1. The number of carbonyl (C=O) groups excluding carboxylic acids is 1. The Morgan fingerprint density at radius 2 is 1.88 bits per heavy atom. The van der Waals surface area contributed by atoms with Gasteiger partial charge < -0.3 is 9.75 Å². The molecule has 0 spiro atoms. The van der Waals surface area contributed by atoms with Crippen LogP contribution < -0.4 is 0 Å². The predicted octanol–water partition coefficient (Wildman–Crippen LogP) is 2.38. The number of carbonyl (C=O) groups is 1. The molecule has 0 aromatic heterocycles. The second-order valence-electron chi connectivity index (χ2n) is 5.01. The van der Waals surface area contributed by atoms with E-state index in [0.29, 0.717) is 5.57 Å². The van der Waals surface area contributed by atoms with Gasteiger partial charge in [-0.2, -0.15) is 5.10 Å². The first-order valence-electron chi connectivity index (χ1n) is 5.43. The molecule has 0 unspecified atom stereocenters. The first-order valence-corrected chi connectivity index (χ1v) is 5.43. The molecule has 0 aliphatic carbocycles. The molecular formula is C13H22N2O2. The van der Waals surface area contributed by atoms with Crippen molar-refractivity contribution < 1.29 is 9.53 Å². The van der Waals surface area contributed by atoms with Gasteiger partial charge in [0.15, 0.2) is 0 Å². The quantitative estimate of drug-likeness (QED) is 0.248. The highest BCUT2D eigenvalue weighted by atomic mass is 16.6. The third-order valence-corrected chi connectivity index (χ3v) is 1.60. The summed E-state index contributed by atoms with van der Waals surface area (Å²) in [5.74, 6) is -0.388. The van der Waals surface area contributed by atoms with E-state index in [2.05, 4.69) is 11.7 Å². The van der Waals surface area contributed by atoms with Crippen molar-refractivity contribution in [3.63, 3.8) is 0 Å². The normalized spacial score (nSPS) is 12.7. The Labute approximate surface area is 104 Å². The summed E-state index contributed by atoms with van der Waals surface area (Å²) in [5.41, 5.74) is 0.932. The van der Waals surface area contributed by atoms with Crippen molar-refractivity contribution in [1.29, 1.82) is 0 Å². The lowest BCUT2D eigenvalue weighted by atomic mass is 10.1. The van der Waals surface area contributed by atoms with Crippen LogP contribution in [0.15, 0.2) is 28.9 Å². The number of ether oxygens (including phenoxy) is 1. The van der Waals surface area contributed by atoms with Gasteiger partial charge in [-0.3, -0.25) is 0 Å². The van der Waals surface area contributed by atoms with Gasteiger partial charge in [-0.15, -0.1) is 0 Å². The van der Waals surface area contributed by atoms with E-state index in [9.17, 15) is 4.79 Å². The van der Waals surface area contributed by atoms with E-state index < -0.39 is 5.60 Å². The van der Waals surface area contributed by atoms with Crippen molar-refractivity contribution in [2.75, 3.05) is 14.1 Å². The molecule has 0 heterocycles. The molecule has 0 aliphatic rings. The van der Waals surface area contributed by atoms with E-state index in [1.54, 1.807) is 25.3 Å². The van der Waals surface area contributed by atoms with Crippen molar-refractivity contribution in [3.8, 4) is 0 Å². The first kappa shape index (κ1) is 15.4. The molecule has 4 heteroatoms. The number of hydrogen-bond acceptors (Lipinski definition) is 4. The Morgan fingerprint density at radius 1 is 1.35 bits per heavy atom. The lowest BCUT2D eigenvalue weighted by Crippen LogP contribution is -2.23. The topological polar surface area (TPSA) is 41.9 Å². The van der Waals surface area contributed by atoms with Gasteiger partial charge in [-0.05, 0) is 33.3 Å². The molecule has 17 heavy (non-hydrogen) atoms. The van der Waals surface area contributed by atoms with E-state index >= 15 is 0 Å². The maximum absolute atomic E-state index is 11.6. The molecule has 0 N–H and O–H groups in total. The van der Waals surface area contributed by atoms with E-state index in [1.807, 2.05) is 27.7 Å². The van der Waals surface area contributed by atoms with Gasteiger partial charge in [0.1, 0.15) is 5.60 Å². The van der Waals surface area contributed by atoms with Crippen LogP contribution >= 0.6 is 0 Å². The maximum atomic E-state index is 11.6. The van der Waals surface area contributed by atoms with Crippen LogP contribution in [0.25, 0.3) is 0 Å². The van der Waals surface area contributed by atoms with Gasteiger partial charge in [-0.1, -0.05) is 6.58 Å². The van der Waals surface area contributed by atoms with E-state index in [-0.39, 0.29) is 5.97 Å². The summed E-state index contributed by atoms with van der Waals surface area (Å²) in [6, 6.07) is 0. The van der Waals surface area contributed by atoms with Crippen LogP contribution in [0.1, 0.15) is 27.7 Å². The molecule has 4 nitrogen and oxygen atoms in total. The zero-order valence-corrected chi connectivity index (χ0v) is 11.6. The molecule has 0 aliphatic heterocycles. The minimum Gasteiger partial charge on any atom is -0.457 e. The lowest BCUT2D eigenvalue weighted by molar-refractivity contribution is -0.148. The van der Waals surface area contributed by atoms with Crippen LogP contribution in [0.2, 0.25) is 0 Å². The minimum absolute atomic E-state index is 0.388. The van der Waals surface area contributed by atoms with Crippen LogP contribution in [0.4, 0.5) is 0 Å². The second-order valence-corrected chi connectivity index (χ2v) is 5.01. The molecule has 0 saturated heterocycles. The molecule has 0 aromatic rings. The predicted molar refractivity (Wildman–Crippen MR) is 70.9 cm³/mol. The van der Waals surface area contributed by atoms with Crippen molar-refractivity contribution in [3.05, 3.63) is 23.8 Å². The highest BCUT2D eigenvalue weighted by molar-refractivity contribution is 5.94. The Kier molecular flexibility index (Phi) is 5.65. The molecule has 0 radical (unpaired) electrons. The first-order chi connectivity index (χ1) is 7.61. The largest absolute Gasteiger partial charge is 0.457 e. The Balaban J connectivity index is 4.83. The summed E-state index contributed by atoms with van der Waals surface area (Å²) >= 11 is 0. The van der Waals surface area contributed by atoms with Gasteiger partial charge in [0.2, 0.25) is 0 Å². The van der Waals surface area contributed by atoms with Gasteiger partial charge in [0, 0.05) is 25.7 Å². The Bertz CT molecular complexity index is 347. The SMILES string of the molecule is C=C(C)C(/C=N\N(C)C)=C\C(=O)OC(C)(C)C. The van der Waals surface area contributed by atoms with Crippen LogP contribution in [0.5, 0.6) is 0 Å². The van der Waals surface area contributed by atoms with Gasteiger partial charge in [-0.25, -0.2) is 4.79 Å². The minimum atomic E-state index is -0.494. The molecule has 0 fully saturated rings. The molecule has 0 bridgehead atoms. The third-order valence-electron chi connectivity index (χ3n) is 1.60. The summed E-state index contributed by atoms with van der Waals surface area (Å²) in [6.45, 7) is 11.1. The van der Waals surface area contributed by atoms with Crippen molar-refractivity contribution in [2.45, 2.75) is 33.3 Å². The van der Waals surface area contributed by atoms with Crippen molar-refractivity contribution in [1.82, 2.24) is 5.01 Å². The average molecular weight is 238 g/mol. The van der Waals surface area contributed by atoms with E-state index in [1.165, 1.54) is 6.08 Å². The van der Waals surface area contributed by atoms with Crippen molar-refractivity contribution in [2.24, 2.45) is 5.10 Å². The molecular weight excluding hydrogens is 216 g/mol. The zero-order chi connectivity index (χ0) is 13.6. The van der Waals surface area contributed by atoms with E-state index in [4.69, 9.17) is 4.74 Å². The number of nitrogens with zero attached hydrogens (tertiary/aromatic N) is 2. The molecule has 0 rings (SSSR count). The molecule has 0 amide bonds. The summed E-state index contributed by atoms with van der Waals surface area (Å²) in [6.07, 6.45) is 2.99. The van der Waals surface area contributed by atoms with Gasteiger partial charge in [0.25, 0.3) is 0 Å². The maximum Gasteiger partial charge on any atom is 0.331 e. The fourth-order valence-electron chi connectivity index (χ4n) is 0.907. The monoisotopic (exact) mass is 238 g/mol. The summed E-state index contributed by atoms with van der Waals surface area (Å²) in [4.78, 5) is 11.6. The molecule has 96 valence electrons. The second kappa shape index (κ2) is 6.23. The fraction of sp³-hybridized carbons (Fsp3) is 0.538. The van der Waals surface area contributed by atoms with Crippen LogP contribution in [-0.2, 0) is 9.53 Å². The van der Waals surface area contributed by atoms with Gasteiger partial charge >= 0.3 is 5.97 Å². The highest BCUT2D eigenvalue weighted by Gasteiger charge is 2.14. The summed E-state index contributed by atoms with van der Waals surface area (Å²) in [5, 5.41) is 5.71. The van der Waals surface area contributed by atoms with Gasteiger partial charge in [0.05, 0.1) is 6.21 Å². The Hall–Kier alpha value is -1.58. The Morgan fingerprint density at radius 3 is 2.24 bits per heavy atom. The number of rotatable bonds is 4. The average Bonchev–Trinajstić information content (AvgIpc) is 2.08. The zero-order valence-electron chi connectivity index (χ0n) is 11.6. The third kappa shape index (κ3) is 8.25. The number of hydrogen-bond donors (Lipinski definition) is 0.